The molecular formula is C38H31IrN2-. The van der Waals surface area contributed by atoms with Gasteiger partial charge in [-0.25, -0.2) is 0 Å². The summed E-state index contributed by atoms with van der Waals surface area (Å²) >= 11 is 0. The van der Waals surface area contributed by atoms with Gasteiger partial charge >= 0.3 is 0 Å². The Hall–Kier alpha value is -4.17. The van der Waals surface area contributed by atoms with E-state index in [9.17, 15) is 0 Å². The molecule has 0 aliphatic rings. The number of nitrogens with zero attached hydrogens (tertiary/aromatic N) is 2. The number of rotatable bonds is 6. The van der Waals surface area contributed by atoms with E-state index in [1.807, 2.05) is 25.4 Å². The van der Waals surface area contributed by atoms with Gasteiger partial charge in [0.1, 0.15) is 0 Å². The molecule has 0 unspecified atom stereocenters. The minimum atomic E-state index is -0.0529. The normalized spacial score (nSPS) is 11.1. The monoisotopic (exact) mass is 708 g/mol. The van der Waals surface area contributed by atoms with Crippen LogP contribution in [0.15, 0.2) is 134 Å². The quantitative estimate of drug-likeness (QED) is 0.161. The van der Waals surface area contributed by atoms with E-state index in [0.29, 0.717) is 5.82 Å². The zero-order valence-electron chi connectivity index (χ0n) is 23.4. The molecule has 203 valence electrons. The van der Waals surface area contributed by atoms with Crippen molar-refractivity contribution in [1.29, 1.82) is 0 Å². The summed E-state index contributed by atoms with van der Waals surface area (Å²) in [6.45, 7) is 6.56. The number of aryl methyl sites for hydroxylation is 1. The standard InChI is InChI=1S/C38H31N2.Ir/c1-27-25-39-37(40-26-27)34-15-9-14-33(24-34)32-13-8-12-31(23-32)30-11-7-10-29(22-30)28-18-20-36(21-19-28)38(2,3)35-16-5-4-6-17-35;/h4-14,16-26H,1-3H3;/q-1;. The van der Waals surface area contributed by atoms with Crippen molar-refractivity contribution >= 4 is 0 Å². The van der Waals surface area contributed by atoms with Crippen LogP contribution in [0.2, 0.25) is 0 Å². The average Bonchev–Trinajstić information content (AvgIpc) is 3.02. The van der Waals surface area contributed by atoms with Crippen molar-refractivity contribution in [3.8, 4) is 44.8 Å². The van der Waals surface area contributed by atoms with E-state index in [4.69, 9.17) is 0 Å². The van der Waals surface area contributed by atoms with Crippen LogP contribution in [0.5, 0.6) is 0 Å². The first kappa shape index (κ1) is 28.4. The second-order valence-corrected chi connectivity index (χ2v) is 10.8. The van der Waals surface area contributed by atoms with Crippen LogP contribution in [-0.2, 0) is 25.5 Å². The first-order chi connectivity index (χ1) is 19.5. The molecule has 0 N–H and O–H groups in total. The molecule has 5 aromatic carbocycles. The van der Waals surface area contributed by atoms with E-state index in [-0.39, 0.29) is 25.5 Å². The van der Waals surface area contributed by atoms with Gasteiger partial charge in [-0.2, -0.15) is 0 Å². The molecule has 0 bridgehead atoms. The van der Waals surface area contributed by atoms with Gasteiger partial charge in [0.2, 0.25) is 0 Å². The van der Waals surface area contributed by atoms with Crippen molar-refractivity contribution in [2.24, 2.45) is 0 Å². The van der Waals surface area contributed by atoms with Crippen LogP contribution in [0.4, 0.5) is 0 Å². The fraction of sp³-hybridized carbons (Fsp3) is 0.105. The minimum Gasteiger partial charge on any atom is -0.285 e. The molecule has 41 heavy (non-hydrogen) atoms. The van der Waals surface area contributed by atoms with Crippen molar-refractivity contribution in [2.75, 3.05) is 0 Å². The molecule has 0 fully saturated rings. The fourth-order valence-electron chi connectivity index (χ4n) is 5.16. The van der Waals surface area contributed by atoms with Crippen LogP contribution >= 0.6 is 0 Å². The Morgan fingerprint density at radius 1 is 0.537 bits per heavy atom. The van der Waals surface area contributed by atoms with Crippen molar-refractivity contribution in [2.45, 2.75) is 26.2 Å². The summed E-state index contributed by atoms with van der Waals surface area (Å²) in [6, 6.07) is 46.6. The first-order valence-corrected chi connectivity index (χ1v) is 13.7. The van der Waals surface area contributed by atoms with E-state index < -0.39 is 0 Å². The van der Waals surface area contributed by atoms with E-state index in [1.54, 1.807) is 0 Å². The predicted molar refractivity (Wildman–Crippen MR) is 166 cm³/mol. The number of hydrogen-bond donors (Lipinski definition) is 0. The topological polar surface area (TPSA) is 25.8 Å². The summed E-state index contributed by atoms with van der Waals surface area (Å²) in [4.78, 5) is 8.96. The molecule has 0 spiro atoms. The SMILES string of the molecule is Cc1cnc(-c2[c-]ccc(-c3cccc(-c4cccc(-c5ccc(C(C)(C)c6ccccc6)cc5)c4)c3)c2)nc1.[Ir]. The molecule has 1 radical (unpaired) electrons. The Morgan fingerprint density at radius 3 is 1.63 bits per heavy atom. The van der Waals surface area contributed by atoms with Gasteiger partial charge in [0, 0.05) is 37.9 Å². The van der Waals surface area contributed by atoms with Gasteiger partial charge in [-0.1, -0.05) is 105 Å². The summed E-state index contributed by atoms with van der Waals surface area (Å²) in [7, 11) is 0. The Balaban J connectivity index is 0.00000337. The van der Waals surface area contributed by atoms with E-state index in [1.165, 1.54) is 33.4 Å². The van der Waals surface area contributed by atoms with E-state index >= 15 is 0 Å². The second-order valence-electron chi connectivity index (χ2n) is 10.8. The summed E-state index contributed by atoms with van der Waals surface area (Å²) in [5.74, 6) is 0.689. The summed E-state index contributed by atoms with van der Waals surface area (Å²) in [5.41, 5.74) is 11.6. The Morgan fingerprint density at radius 2 is 1.05 bits per heavy atom. The third-order valence-corrected chi connectivity index (χ3v) is 7.65. The van der Waals surface area contributed by atoms with Gasteiger partial charge in [-0.15, -0.1) is 35.4 Å². The number of hydrogen-bond acceptors (Lipinski definition) is 2. The van der Waals surface area contributed by atoms with Crippen LogP contribution in [0.1, 0.15) is 30.5 Å². The molecule has 1 aromatic heterocycles. The number of benzene rings is 5. The fourth-order valence-corrected chi connectivity index (χ4v) is 5.16. The zero-order valence-corrected chi connectivity index (χ0v) is 25.8. The maximum absolute atomic E-state index is 4.48. The smallest absolute Gasteiger partial charge is 0.0748 e. The van der Waals surface area contributed by atoms with E-state index in [2.05, 4.69) is 145 Å². The van der Waals surface area contributed by atoms with Crippen molar-refractivity contribution in [3.63, 3.8) is 0 Å². The van der Waals surface area contributed by atoms with Crippen LogP contribution in [0, 0.1) is 13.0 Å². The van der Waals surface area contributed by atoms with Crippen LogP contribution in [-0.4, -0.2) is 9.97 Å². The maximum atomic E-state index is 4.48. The predicted octanol–water partition coefficient (Wildman–Crippen LogP) is 9.58. The van der Waals surface area contributed by atoms with Gasteiger partial charge in [0.25, 0.3) is 0 Å². The second kappa shape index (κ2) is 12.1. The van der Waals surface area contributed by atoms with Gasteiger partial charge < -0.3 is 0 Å². The molecule has 6 aromatic rings. The van der Waals surface area contributed by atoms with Gasteiger partial charge in [-0.05, 0) is 63.6 Å². The Bertz CT molecular complexity index is 1760. The van der Waals surface area contributed by atoms with Gasteiger partial charge in [0.05, 0.1) is 5.82 Å². The van der Waals surface area contributed by atoms with Crippen molar-refractivity contribution < 1.29 is 20.1 Å². The third kappa shape index (κ3) is 6.12. The van der Waals surface area contributed by atoms with Crippen LogP contribution < -0.4 is 0 Å². The minimum absolute atomic E-state index is 0. The largest absolute Gasteiger partial charge is 0.285 e. The molecule has 0 aliphatic carbocycles. The molecule has 0 atom stereocenters. The first-order valence-electron chi connectivity index (χ1n) is 13.7. The Kier molecular flexibility index (Phi) is 8.40. The van der Waals surface area contributed by atoms with Gasteiger partial charge in [0.15, 0.2) is 0 Å². The van der Waals surface area contributed by atoms with Crippen LogP contribution in [0.25, 0.3) is 44.8 Å². The molecule has 2 nitrogen and oxygen atoms in total. The van der Waals surface area contributed by atoms with Crippen LogP contribution in [0.3, 0.4) is 0 Å². The molecular weight excluding hydrogens is 677 g/mol. The molecule has 3 heteroatoms. The molecule has 0 amide bonds. The number of aromatic nitrogens is 2. The Labute approximate surface area is 256 Å². The molecule has 0 saturated carbocycles. The van der Waals surface area contributed by atoms with Crippen molar-refractivity contribution in [1.82, 2.24) is 9.97 Å². The van der Waals surface area contributed by atoms with Crippen molar-refractivity contribution in [3.05, 3.63) is 156 Å². The molecule has 0 saturated heterocycles. The third-order valence-electron chi connectivity index (χ3n) is 7.65. The zero-order chi connectivity index (χ0) is 27.5. The molecule has 0 aliphatic heterocycles. The molecule has 6 rings (SSSR count). The summed E-state index contributed by atoms with van der Waals surface area (Å²) in [6.07, 6.45) is 3.68. The maximum Gasteiger partial charge on any atom is 0.0748 e. The molecule has 1 heterocycles. The van der Waals surface area contributed by atoms with E-state index in [0.717, 1.165) is 22.3 Å². The van der Waals surface area contributed by atoms with Gasteiger partial charge in [-0.3, -0.25) is 9.97 Å². The summed E-state index contributed by atoms with van der Waals surface area (Å²) < 4.78 is 0. The summed E-state index contributed by atoms with van der Waals surface area (Å²) in [5, 5.41) is 0. The average molecular weight is 708 g/mol.